The van der Waals surface area contributed by atoms with Crippen LogP contribution in [0.25, 0.3) is 0 Å². The van der Waals surface area contributed by atoms with Crippen molar-refractivity contribution in [2.24, 2.45) is 0 Å². The summed E-state index contributed by atoms with van der Waals surface area (Å²) in [6.07, 6.45) is 1.59. The third-order valence-corrected chi connectivity index (χ3v) is 3.23. The molecule has 6 nitrogen and oxygen atoms in total. The minimum Gasteiger partial charge on any atom is -0.484 e. The molecule has 0 radical (unpaired) electrons. The Labute approximate surface area is 126 Å². The van der Waals surface area contributed by atoms with Crippen molar-refractivity contribution in [3.63, 3.8) is 0 Å². The lowest BCUT2D eigenvalue weighted by Gasteiger charge is -2.13. The first kappa shape index (κ1) is 15.0. The highest BCUT2D eigenvalue weighted by Gasteiger charge is 2.16. The van der Waals surface area contributed by atoms with Crippen molar-refractivity contribution in [3.8, 4) is 5.75 Å². The van der Waals surface area contributed by atoms with Crippen molar-refractivity contribution >= 4 is 28.3 Å². The number of hydrogen-bond donors (Lipinski definition) is 2. The summed E-state index contributed by atoms with van der Waals surface area (Å²) in [5, 5.41) is 7.44. The van der Waals surface area contributed by atoms with Gasteiger partial charge in [0, 0.05) is 11.6 Å². The maximum Gasteiger partial charge on any atom is 0.258 e. The van der Waals surface area contributed by atoms with E-state index < -0.39 is 6.04 Å². The average molecular weight is 305 g/mol. The van der Waals surface area contributed by atoms with Gasteiger partial charge < -0.3 is 15.4 Å². The van der Waals surface area contributed by atoms with Gasteiger partial charge in [-0.3, -0.25) is 9.59 Å². The van der Waals surface area contributed by atoms with E-state index in [9.17, 15) is 9.59 Å². The highest BCUT2D eigenvalue weighted by molar-refractivity contribution is 7.13. The van der Waals surface area contributed by atoms with Crippen LogP contribution in [0.5, 0.6) is 5.75 Å². The molecule has 1 atom stereocenters. The van der Waals surface area contributed by atoms with Gasteiger partial charge in [0.1, 0.15) is 11.8 Å². The lowest BCUT2D eigenvalue weighted by atomic mass is 10.3. The number of carbonyl (C=O) groups is 2. The number of benzene rings is 1. The molecule has 0 aliphatic heterocycles. The van der Waals surface area contributed by atoms with Gasteiger partial charge in [-0.15, -0.1) is 11.3 Å². The number of nitrogens with one attached hydrogen (secondary N) is 2. The van der Waals surface area contributed by atoms with Crippen molar-refractivity contribution in [2.45, 2.75) is 13.0 Å². The minimum absolute atomic E-state index is 0.140. The SMILES string of the molecule is C[C@@H](NC(=O)COc1ccccc1)C(=O)Nc1nccs1. The van der Waals surface area contributed by atoms with Gasteiger partial charge in [-0.25, -0.2) is 4.98 Å². The van der Waals surface area contributed by atoms with Crippen molar-refractivity contribution in [2.75, 3.05) is 11.9 Å². The van der Waals surface area contributed by atoms with Crippen molar-refractivity contribution < 1.29 is 14.3 Å². The molecule has 2 aromatic rings. The van der Waals surface area contributed by atoms with Gasteiger partial charge in [0.05, 0.1) is 0 Å². The highest BCUT2D eigenvalue weighted by atomic mass is 32.1. The molecular formula is C14H15N3O3S. The van der Waals surface area contributed by atoms with Gasteiger partial charge in [0.15, 0.2) is 11.7 Å². The molecule has 110 valence electrons. The molecule has 21 heavy (non-hydrogen) atoms. The Bertz CT molecular complexity index is 587. The molecule has 0 bridgehead atoms. The lowest BCUT2D eigenvalue weighted by Crippen LogP contribution is -2.43. The molecule has 2 amide bonds. The van der Waals surface area contributed by atoms with Crippen molar-refractivity contribution in [1.82, 2.24) is 10.3 Å². The number of rotatable bonds is 6. The molecule has 1 aromatic carbocycles. The second kappa shape index (κ2) is 7.39. The van der Waals surface area contributed by atoms with Crippen LogP contribution in [0.3, 0.4) is 0 Å². The second-order valence-electron chi connectivity index (χ2n) is 4.22. The maximum atomic E-state index is 11.8. The van der Waals surface area contributed by atoms with E-state index >= 15 is 0 Å². The molecule has 0 aliphatic carbocycles. The fourth-order valence-corrected chi connectivity index (χ4v) is 2.04. The molecule has 1 aromatic heterocycles. The van der Waals surface area contributed by atoms with Gasteiger partial charge in [-0.1, -0.05) is 18.2 Å². The predicted octanol–water partition coefficient (Wildman–Crippen LogP) is 1.67. The standard InChI is InChI=1S/C14H15N3O3S/c1-10(13(19)17-14-15-7-8-21-14)16-12(18)9-20-11-5-3-2-4-6-11/h2-8,10H,9H2,1H3,(H,16,18)(H,15,17,19)/t10-/m1/s1. The number of nitrogens with zero attached hydrogens (tertiary/aromatic N) is 1. The van der Waals surface area contributed by atoms with Crippen molar-refractivity contribution in [3.05, 3.63) is 41.9 Å². The van der Waals surface area contributed by atoms with E-state index in [0.717, 1.165) is 0 Å². The molecule has 0 saturated carbocycles. The van der Waals surface area contributed by atoms with E-state index in [1.165, 1.54) is 11.3 Å². The first-order valence-electron chi connectivity index (χ1n) is 6.32. The molecule has 0 unspecified atom stereocenters. The first-order valence-corrected chi connectivity index (χ1v) is 7.20. The average Bonchev–Trinajstić information content (AvgIpc) is 2.99. The fourth-order valence-electron chi connectivity index (χ4n) is 1.51. The van der Waals surface area contributed by atoms with Gasteiger partial charge in [0.25, 0.3) is 5.91 Å². The number of carbonyl (C=O) groups excluding carboxylic acids is 2. The topological polar surface area (TPSA) is 80.3 Å². The zero-order valence-corrected chi connectivity index (χ0v) is 12.2. The van der Waals surface area contributed by atoms with E-state index in [1.807, 2.05) is 18.2 Å². The van der Waals surface area contributed by atoms with Crippen LogP contribution >= 0.6 is 11.3 Å². The maximum absolute atomic E-state index is 11.8. The third-order valence-electron chi connectivity index (χ3n) is 2.55. The molecule has 0 aliphatic rings. The summed E-state index contributed by atoms with van der Waals surface area (Å²) >= 11 is 1.31. The van der Waals surface area contributed by atoms with Crippen LogP contribution < -0.4 is 15.4 Å². The highest BCUT2D eigenvalue weighted by Crippen LogP contribution is 2.10. The van der Waals surface area contributed by atoms with Crippen LogP contribution in [0.2, 0.25) is 0 Å². The van der Waals surface area contributed by atoms with E-state index in [4.69, 9.17) is 4.74 Å². The summed E-state index contributed by atoms with van der Waals surface area (Å²) in [5.41, 5.74) is 0. The summed E-state index contributed by atoms with van der Waals surface area (Å²) in [4.78, 5) is 27.5. The minimum atomic E-state index is -0.666. The normalized spacial score (nSPS) is 11.5. The van der Waals surface area contributed by atoms with E-state index in [2.05, 4.69) is 15.6 Å². The van der Waals surface area contributed by atoms with Crippen LogP contribution in [0, 0.1) is 0 Å². The number of aromatic nitrogens is 1. The van der Waals surface area contributed by atoms with Crippen molar-refractivity contribution in [1.29, 1.82) is 0 Å². The van der Waals surface area contributed by atoms with Crippen LogP contribution in [-0.2, 0) is 9.59 Å². The Morgan fingerprint density at radius 3 is 2.76 bits per heavy atom. The van der Waals surface area contributed by atoms with Gasteiger partial charge in [-0.2, -0.15) is 0 Å². The number of hydrogen-bond acceptors (Lipinski definition) is 5. The number of ether oxygens (including phenoxy) is 1. The summed E-state index contributed by atoms with van der Waals surface area (Å²) in [5.74, 6) is -0.0776. The molecular weight excluding hydrogens is 290 g/mol. The molecule has 0 fully saturated rings. The van der Waals surface area contributed by atoms with Crippen LogP contribution in [-0.4, -0.2) is 29.4 Å². The number of anilines is 1. The second-order valence-corrected chi connectivity index (χ2v) is 5.11. The zero-order chi connectivity index (χ0) is 15.1. The molecule has 7 heteroatoms. The summed E-state index contributed by atoms with van der Waals surface area (Å²) in [7, 11) is 0. The van der Waals surface area contributed by atoms with Gasteiger partial charge >= 0.3 is 0 Å². The van der Waals surface area contributed by atoms with E-state index in [1.54, 1.807) is 30.6 Å². The van der Waals surface area contributed by atoms with E-state index in [0.29, 0.717) is 10.9 Å². The molecule has 0 spiro atoms. The number of para-hydroxylation sites is 1. The lowest BCUT2D eigenvalue weighted by molar-refractivity contribution is -0.127. The molecule has 2 rings (SSSR count). The summed E-state index contributed by atoms with van der Waals surface area (Å²) in [6.45, 7) is 1.46. The Balaban J connectivity index is 1.75. The van der Waals surface area contributed by atoms with Gasteiger partial charge in [-0.05, 0) is 19.1 Å². The van der Waals surface area contributed by atoms with Gasteiger partial charge in [0.2, 0.25) is 5.91 Å². The Morgan fingerprint density at radius 2 is 2.10 bits per heavy atom. The molecule has 2 N–H and O–H groups in total. The largest absolute Gasteiger partial charge is 0.484 e. The number of thiazole rings is 1. The van der Waals surface area contributed by atoms with Crippen LogP contribution in [0.4, 0.5) is 5.13 Å². The summed E-state index contributed by atoms with van der Waals surface area (Å²) < 4.78 is 5.30. The molecule has 0 saturated heterocycles. The predicted molar refractivity (Wildman–Crippen MR) is 80.3 cm³/mol. The third kappa shape index (κ3) is 4.88. The van der Waals surface area contributed by atoms with E-state index in [-0.39, 0.29) is 18.4 Å². The van der Waals surface area contributed by atoms with Crippen LogP contribution in [0.15, 0.2) is 41.9 Å². The monoisotopic (exact) mass is 305 g/mol. The first-order chi connectivity index (χ1) is 10.1. The smallest absolute Gasteiger partial charge is 0.258 e. The Morgan fingerprint density at radius 1 is 1.33 bits per heavy atom. The fraction of sp³-hybridized carbons (Fsp3) is 0.214. The van der Waals surface area contributed by atoms with Crippen LogP contribution in [0.1, 0.15) is 6.92 Å². The quantitative estimate of drug-likeness (QED) is 0.850. The Kier molecular flexibility index (Phi) is 5.28. The summed E-state index contributed by atoms with van der Waals surface area (Å²) in [6, 6.07) is 8.34. The Hall–Kier alpha value is -2.41. The number of amides is 2. The zero-order valence-electron chi connectivity index (χ0n) is 11.4. The molecule has 1 heterocycles.